The molecule has 0 bridgehead atoms. The zero-order valence-corrected chi connectivity index (χ0v) is 12.2. The molecule has 0 amide bonds. The third-order valence-electron chi connectivity index (χ3n) is 3.42. The third kappa shape index (κ3) is 2.50. The van der Waals surface area contributed by atoms with Crippen molar-refractivity contribution in [2.24, 2.45) is 11.3 Å². The predicted molar refractivity (Wildman–Crippen MR) is 73.8 cm³/mol. The van der Waals surface area contributed by atoms with Crippen LogP contribution in [0, 0.1) is 11.3 Å². The van der Waals surface area contributed by atoms with E-state index in [9.17, 15) is 4.79 Å². The van der Waals surface area contributed by atoms with Gasteiger partial charge in [-0.2, -0.15) is 0 Å². The minimum atomic E-state index is 0.0593. The molecule has 1 aromatic carbocycles. The Morgan fingerprint density at radius 1 is 1.39 bits per heavy atom. The van der Waals surface area contributed by atoms with Crippen LogP contribution < -0.4 is 4.74 Å². The van der Waals surface area contributed by atoms with E-state index in [1.54, 1.807) is 12.1 Å². The highest BCUT2D eigenvalue weighted by Gasteiger charge is 2.50. The minimum Gasteiger partial charge on any atom is -0.492 e. The van der Waals surface area contributed by atoms with Crippen molar-refractivity contribution >= 4 is 29.0 Å². The Hall–Kier alpha value is -0.730. The minimum absolute atomic E-state index is 0.0593. The molecular weight excluding hydrogens is 271 g/mol. The molecule has 0 aliphatic heterocycles. The molecule has 4 heteroatoms. The average Bonchev–Trinajstić information content (AvgIpc) is 2.92. The number of carbonyl (C=O) groups is 1. The van der Waals surface area contributed by atoms with E-state index >= 15 is 0 Å². The predicted octanol–water partition coefficient (Wildman–Crippen LogP) is 4.62. The largest absolute Gasteiger partial charge is 0.492 e. The summed E-state index contributed by atoms with van der Waals surface area (Å²) in [6.07, 6.45) is 0.910. The van der Waals surface area contributed by atoms with Crippen LogP contribution in [0.1, 0.15) is 37.6 Å². The summed E-state index contributed by atoms with van der Waals surface area (Å²) in [5, 5.41) is 0.846. The number of carbonyl (C=O) groups excluding carboxylic acids is 1. The van der Waals surface area contributed by atoms with E-state index in [4.69, 9.17) is 27.9 Å². The first kappa shape index (κ1) is 13.7. The lowest BCUT2D eigenvalue weighted by atomic mass is 10.0. The first-order valence-corrected chi connectivity index (χ1v) is 6.78. The van der Waals surface area contributed by atoms with E-state index < -0.39 is 0 Å². The molecule has 2 rings (SSSR count). The zero-order valence-electron chi connectivity index (χ0n) is 10.7. The number of ketones is 1. The van der Waals surface area contributed by atoms with Crippen LogP contribution in [0.3, 0.4) is 0 Å². The second-order valence-corrected chi connectivity index (χ2v) is 6.12. The Labute approximate surface area is 117 Å². The summed E-state index contributed by atoms with van der Waals surface area (Å²) in [6, 6.07) is 3.24. The van der Waals surface area contributed by atoms with Crippen LogP contribution in [0.5, 0.6) is 5.75 Å². The fourth-order valence-corrected chi connectivity index (χ4v) is 2.55. The Bertz CT molecular complexity index is 495. The van der Waals surface area contributed by atoms with E-state index in [2.05, 4.69) is 13.8 Å². The Morgan fingerprint density at radius 3 is 2.50 bits per heavy atom. The van der Waals surface area contributed by atoms with Crippen molar-refractivity contribution in [3.63, 3.8) is 0 Å². The summed E-state index contributed by atoms with van der Waals surface area (Å²) < 4.78 is 5.34. The lowest BCUT2D eigenvalue weighted by molar-refractivity contribution is 0.0953. The lowest BCUT2D eigenvalue weighted by Crippen LogP contribution is -2.07. The normalized spacial score (nSPS) is 20.6. The first-order valence-electron chi connectivity index (χ1n) is 6.03. The van der Waals surface area contributed by atoms with E-state index in [0.29, 0.717) is 28.0 Å². The topological polar surface area (TPSA) is 26.3 Å². The van der Waals surface area contributed by atoms with E-state index in [1.807, 2.05) is 6.92 Å². The van der Waals surface area contributed by atoms with Gasteiger partial charge < -0.3 is 4.74 Å². The maximum Gasteiger partial charge on any atom is 0.168 e. The summed E-state index contributed by atoms with van der Waals surface area (Å²) in [5.74, 6) is 0.662. The summed E-state index contributed by atoms with van der Waals surface area (Å²) in [6.45, 7) is 6.55. The summed E-state index contributed by atoms with van der Waals surface area (Å²) in [4.78, 5) is 12.3. The van der Waals surface area contributed by atoms with Crippen molar-refractivity contribution < 1.29 is 9.53 Å². The van der Waals surface area contributed by atoms with Gasteiger partial charge in [-0.05, 0) is 24.8 Å². The Balaban J connectivity index is 2.29. The maximum atomic E-state index is 12.3. The van der Waals surface area contributed by atoms with Crippen LogP contribution in [0.4, 0.5) is 0 Å². The fraction of sp³-hybridized carbons (Fsp3) is 0.500. The summed E-state index contributed by atoms with van der Waals surface area (Å²) in [5.41, 5.74) is 0.589. The van der Waals surface area contributed by atoms with Crippen LogP contribution in [-0.2, 0) is 0 Å². The van der Waals surface area contributed by atoms with E-state index in [1.165, 1.54) is 0 Å². The van der Waals surface area contributed by atoms with Crippen molar-refractivity contribution in [2.75, 3.05) is 6.61 Å². The number of rotatable bonds is 4. The van der Waals surface area contributed by atoms with Crippen molar-refractivity contribution in [1.29, 1.82) is 0 Å². The number of hydrogen-bond acceptors (Lipinski definition) is 2. The van der Waals surface area contributed by atoms with Gasteiger partial charge in [0.05, 0.1) is 16.7 Å². The lowest BCUT2D eigenvalue weighted by Gasteiger charge is -2.10. The monoisotopic (exact) mass is 286 g/mol. The molecular formula is C14H16Cl2O2. The average molecular weight is 287 g/mol. The molecule has 1 aliphatic rings. The maximum absolute atomic E-state index is 12.3. The Morgan fingerprint density at radius 2 is 2.00 bits per heavy atom. The number of Topliss-reactive ketones (excluding diaryl/α,β-unsaturated/α-hetero) is 1. The standard InChI is InChI=1S/C14H16Cl2O2/c1-4-18-12-6-10(15)8(5-11(12)16)13(17)9-7-14(9,2)3/h5-6,9H,4,7H2,1-3H3. The van der Waals surface area contributed by atoms with Crippen molar-refractivity contribution in [2.45, 2.75) is 27.2 Å². The van der Waals surface area contributed by atoms with Crippen LogP contribution in [0.2, 0.25) is 10.0 Å². The molecule has 0 N–H and O–H groups in total. The molecule has 0 radical (unpaired) electrons. The second kappa shape index (κ2) is 4.75. The smallest absolute Gasteiger partial charge is 0.168 e. The molecule has 0 heterocycles. The summed E-state index contributed by atoms with van der Waals surface area (Å²) >= 11 is 12.2. The van der Waals surface area contributed by atoms with Crippen LogP contribution in [0.15, 0.2) is 12.1 Å². The molecule has 98 valence electrons. The fourth-order valence-electron chi connectivity index (χ4n) is 2.09. The number of benzene rings is 1. The van der Waals surface area contributed by atoms with Gasteiger partial charge in [-0.25, -0.2) is 0 Å². The Kier molecular flexibility index (Phi) is 3.61. The highest BCUT2D eigenvalue weighted by Crippen LogP contribution is 2.53. The molecule has 1 saturated carbocycles. The molecule has 1 aliphatic carbocycles. The molecule has 0 aromatic heterocycles. The molecule has 1 aromatic rings. The van der Waals surface area contributed by atoms with Gasteiger partial charge in [0.25, 0.3) is 0 Å². The van der Waals surface area contributed by atoms with Gasteiger partial charge in [-0.15, -0.1) is 0 Å². The van der Waals surface area contributed by atoms with E-state index in [-0.39, 0.29) is 17.1 Å². The molecule has 1 atom stereocenters. The van der Waals surface area contributed by atoms with Crippen molar-refractivity contribution in [3.05, 3.63) is 27.7 Å². The molecule has 18 heavy (non-hydrogen) atoms. The molecule has 1 fully saturated rings. The van der Waals surface area contributed by atoms with Gasteiger partial charge in [-0.1, -0.05) is 37.0 Å². The number of halogens is 2. The van der Waals surface area contributed by atoms with Gasteiger partial charge >= 0.3 is 0 Å². The van der Waals surface area contributed by atoms with Gasteiger partial charge in [0.15, 0.2) is 5.78 Å². The molecule has 0 spiro atoms. The van der Waals surface area contributed by atoms with E-state index in [0.717, 1.165) is 6.42 Å². The van der Waals surface area contributed by atoms with Gasteiger partial charge in [0, 0.05) is 17.5 Å². The molecule has 2 nitrogen and oxygen atoms in total. The highest BCUT2D eigenvalue weighted by molar-refractivity contribution is 6.37. The van der Waals surface area contributed by atoms with Crippen molar-refractivity contribution in [3.8, 4) is 5.75 Å². The van der Waals surface area contributed by atoms with Crippen molar-refractivity contribution in [1.82, 2.24) is 0 Å². The number of hydrogen-bond donors (Lipinski definition) is 0. The summed E-state index contributed by atoms with van der Waals surface area (Å²) in [7, 11) is 0. The molecule has 0 saturated heterocycles. The van der Waals surface area contributed by atoms with Crippen LogP contribution in [0.25, 0.3) is 0 Å². The third-order valence-corrected chi connectivity index (χ3v) is 4.02. The van der Waals surface area contributed by atoms with Gasteiger partial charge in [0.1, 0.15) is 5.75 Å². The highest BCUT2D eigenvalue weighted by atomic mass is 35.5. The quantitative estimate of drug-likeness (QED) is 0.755. The SMILES string of the molecule is CCOc1cc(Cl)c(C(=O)C2CC2(C)C)cc1Cl. The van der Waals surface area contributed by atoms with Gasteiger partial charge in [0.2, 0.25) is 0 Å². The molecule has 1 unspecified atom stereocenters. The van der Waals surface area contributed by atoms with Gasteiger partial charge in [-0.3, -0.25) is 4.79 Å². The second-order valence-electron chi connectivity index (χ2n) is 5.31. The first-order chi connectivity index (χ1) is 8.36. The van der Waals surface area contributed by atoms with Crippen LogP contribution >= 0.6 is 23.2 Å². The van der Waals surface area contributed by atoms with Crippen LogP contribution in [-0.4, -0.2) is 12.4 Å². The number of ether oxygens (including phenoxy) is 1. The zero-order chi connectivity index (χ0) is 13.5.